The Labute approximate surface area is 130 Å². The van der Waals surface area contributed by atoms with Crippen molar-refractivity contribution < 1.29 is 14.2 Å². The van der Waals surface area contributed by atoms with Gasteiger partial charge in [-0.3, -0.25) is 0 Å². The number of ether oxygens (including phenoxy) is 3. The van der Waals surface area contributed by atoms with E-state index in [1.807, 2.05) is 0 Å². The van der Waals surface area contributed by atoms with Crippen LogP contribution in [0.15, 0.2) is 0 Å². The highest BCUT2D eigenvalue weighted by Gasteiger charge is 2.25. The molecule has 0 amide bonds. The van der Waals surface area contributed by atoms with E-state index in [1.54, 1.807) is 0 Å². The molecule has 2 aliphatic rings. The Morgan fingerprint density at radius 3 is 1.62 bits per heavy atom. The highest BCUT2D eigenvalue weighted by Crippen LogP contribution is 2.29. The van der Waals surface area contributed by atoms with Crippen LogP contribution in [0.2, 0.25) is 0 Å². The first kappa shape index (κ1) is 17.2. The van der Waals surface area contributed by atoms with Gasteiger partial charge in [-0.25, -0.2) is 0 Å². The Morgan fingerprint density at radius 1 is 0.714 bits per heavy atom. The van der Waals surface area contributed by atoms with Gasteiger partial charge in [0.15, 0.2) is 0 Å². The van der Waals surface area contributed by atoms with Crippen molar-refractivity contribution in [2.45, 2.75) is 77.4 Å². The summed E-state index contributed by atoms with van der Waals surface area (Å²) < 4.78 is 17.6. The fourth-order valence-electron chi connectivity index (χ4n) is 3.96. The summed E-state index contributed by atoms with van der Waals surface area (Å²) in [6.07, 6.45) is 11.1. The molecular weight excluding hydrogens is 264 g/mol. The summed E-state index contributed by atoms with van der Waals surface area (Å²) in [5.41, 5.74) is 0. The van der Waals surface area contributed by atoms with E-state index < -0.39 is 0 Å². The molecule has 0 radical (unpaired) electrons. The van der Waals surface area contributed by atoms with Crippen molar-refractivity contribution in [3.63, 3.8) is 0 Å². The zero-order valence-corrected chi connectivity index (χ0v) is 14.0. The molecule has 0 aromatic heterocycles. The molecule has 0 aromatic carbocycles. The molecule has 2 fully saturated rings. The molecule has 0 spiro atoms. The molecule has 124 valence electrons. The van der Waals surface area contributed by atoms with Gasteiger partial charge in [0.1, 0.15) is 0 Å². The van der Waals surface area contributed by atoms with E-state index in [1.165, 1.54) is 51.4 Å². The summed E-state index contributed by atoms with van der Waals surface area (Å²) in [6.45, 7) is 7.74. The van der Waals surface area contributed by atoms with Gasteiger partial charge in [0.2, 0.25) is 0 Å². The molecule has 0 N–H and O–H groups in total. The minimum absolute atomic E-state index is 0.481. The summed E-state index contributed by atoms with van der Waals surface area (Å²) in [5, 5.41) is 0. The molecule has 2 saturated carbocycles. The van der Waals surface area contributed by atoms with E-state index in [4.69, 9.17) is 14.2 Å². The fourth-order valence-corrected chi connectivity index (χ4v) is 3.96. The van der Waals surface area contributed by atoms with Gasteiger partial charge in [0.25, 0.3) is 0 Å². The summed E-state index contributed by atoms with van der Waals surface area (Å²) in [7, 11) is 0. The second-order valence-electron chi connectivity index (χ2n) is 6.76. The second kappa shape index (κ2) is 9.81. The number of hydrogen-bond donors (Lipinski definition) is 0. The van der Waals surface area contributed by atoms with Crippen molar-refractivity contribution >= 4 is 0 Å². The van der Waals surface area contributed by atoms with Gasteiger partial charge in [0.05, 0.1) is 12.2 Å². The van der Waals surface area contributed by atoms with Gasteiger partial charge in [-0.15, -0.1) is 0 Å². The Bertz CT molecular complexity index is 239. The molecule has 4 atom stereocenters. The van der Waals surface area contributed by atoms with Crippen molar-refractivity contribution in [2.24, 2.45) is 11.8 Å². The zero-order valence-electron chi connectivity index (χ0n) is 14.0. The lowest BCUT2D eigenvalue weighted by Gasteiger charge is -2.31. The van der Waals surface area contributed by atoms with Crippen molar-refractivity contribution in [3.05, 3.63) is 0 Å². The highest BCUT2D eigenvalue weighted by atomic mass is 16.5. The molecule has 21 heavy (non-hydrogen) atoms. The van der Waals surface area contributed by atoms with Crippen molar-refractivity contribution in [1.82, 2.24) is 0 Å². The topological polar surface area (TPSA) is 27.7 Å². The van der Waals surface area contributed by atoms with E-state index in [0.717, 1.165) is 26.4 Å². The Kier molecular flexibility index (Phi) is 8.05. The van der Waals surface area contributed by atoms with Crippen LogP contribution in [0.25, 0.3) is 0 Å². The van der Waals surface area contributed by atoms with Crippen molar-refractivity contribution in [3.8, 4) is 0 Å². The van der Waals surface area contributed by atoms with Crippen LogP contribution in [0.3, 0.4) is 0 Å². The SMILES string of the molecule is CCOC1CCCC(COCC2CCCC(OCC)C2)C1. The molecule has 0 aromatic rings. The molecule has 0 bridgehead atoms. The van der Waals surface area contributed by atoms with Gasteiger partial charge in [-0.2, -0.15) is 0 Å². The summed E-state index contributed by atoms with van der Waals surface area (Å²) >= 11 is 0. The van der Waals surface area contributed by atoms with E-state index in [-0.39, 0.29) is 0 Å². The maximum atomic E-state index is 6.05. The van der Waals surface area contributed by atoms with E-state index in [2.05, 4.69) is 13.8 Å². The first-order chi connectivity index (χ1) is 10.3. The van der Waals surface area contributed by atoms with Crippen LogP contribution in [-0.2, 0) is 14.2 Å². The normalized spacial score (nSPS) is 34.0. The summed E-state index contributed by atoms with van der Waals surface area (Å²) in [4.78, 5) is 0. The molecular formula is C18H34O3. The van der Waals surface area contributed by atoms with Crippen LogP contribution in [-0.4, -0.2) is 38.6 Å². The maximum Gasteiger partial charge on any atom is 0.0578 e. The van der Waals surface area contributed by atoms with Crippen LogP contribution in [0.5, 0.6) is 0 Å². The Balaban J connectivity index is 1.60. The average Bonchev–Trinajstić information content (AvgIpc) is 2.49. The van der Waals surface area contributed by atoms with Crippen LogP contribution in [0.1, 0.15) is 65.2 Å². The van der Waals surface area contributed by atoms with E-state index in [0.29, 0.717) is 24.0 Å². The number of hydrogen-bond acceptors (Lipinski definition) is 3. The molecule has 4 unspecified atom stereocenters. The molecule has 2 rings (SSSR count). The molecule has 0 heterocycles. The minimum Gasteiger partial charge on any atom is -0.381 e. The van der Waals surface area contributed by atoms with Crippen LogP contribution < -0.4 is 0 Å². The average molecular weight is 298 g/mol. The third-order valence-electron chi connectivity index (χ3n) is 4.98. The zero-order chi connectivity index (χ0) is 14.9. The standard InChI is InChI=1S/C18H34O3/c1-3-20-17-9-5-7-15(11-17)13-19-14-16-8-6-10-18(12-16)21-4-2/h15-18H,3-14H2,1-2H3. The lowest BCUT2D eigenvalue weighted by Crippen LogP contribution is -2.28. The van der Waals surface area contributed by atoms with Gasteiger partial charge in [-0.1, -0.05) is 12.8 Å². The first-order valence-electron chi connectivity index (χ1n) is 9.12. The first-order valence-corrected chi connectivity index (χ1v) is 9.12. The Morgan fingerprint density at radius 2 is 1.19 bits per heavy atom. The molecule has 0 saturated heterocycles. The monoisotopic (exact) mass is 298 g/mol. The Hall–Kier alpha value is -0.120. The molecule has 0 aliphatic heterocycles. The minimum atomic E-state index is 0.481. The fraction of sp³-hybridized carbons (Fsp3) is 1.00. The van der Waals surface area contributed by atoms with E-state index in [9.17, 15) is 0 Å². The van der Waals surface area contributed by atoms with Gasteiger partial charge >= 0.3 is 0 Å². The number of rotatable bonds is 8. The predicted molar refractivity (Wildman–Crippen MR) is 85.6 cm³/mol. The smallest absolute Gasteiger partial charge is 0.0578 e. The molecule has 3 nitrogen and oxygen atoms in total. The van der Waals surface area contributed by atoms with E-state index >= 15 is 0 Å². The third kappa shape index (κ3) is 6.25. The van der Waals surface area contributed by atoms with Gasteiger partial charge in [-0.05, 0) is 64.2 Å². The maximum absolute atomic E-state index is 6.05. The van der Waals surface area contributed by atoms with Crippen molar-refractivity contribution in [2.75, 3.05) is 26.4 Å². The third-order valence-corrected chi connectivity index (χ3v) is 4.98. The van der Waals surface area contributed by atoms with Gasteiger partial charge < -0.3 is 14.2 Å². The van der Waals surface area contributed by atoms with Crippen LogP contribution in [0.4, 0.5) is 0 Å². The lowest BCUT2D eigenvalue weighted by atomic mass is 9.87. The van der Waals surface area contributed by atoms with Crippen LogP contribution in [0, 0.1) is 11.8 Å². The molecule has 2 aliphatic carbocycles. The lowest BCUT2D eigenvalue weighted by molar-refractivity contribution is -0.0240. The highest BCUT2D eigenvalue weighted by molar-refractivity contribution is 4.75. The second-order valence-corrected chi connectivity index (χ2v) is 6.76. The van der Waals surface area contributed by atoms with Crippen molar-refractivity contribution in [1.29, 1.82) is 0 Å². The molecule has 3 heteroatoms. The van der Waals surface area contributed by atoms with Crippen LogP contribution >= 0.6 is 0 Å². The quantitative estimate of drug-likeness (QED) is 0.672. The largest absolute Gasteiger partial charge is 0.381 e. The predicted octanol–water partition coefficient (Wildman–Crippen LogP) is 4.19. The summed E-state index contributed by atoms with van der Waals surface area (Å²) in [6, 6.07) is 0. The van der Waals surface area contributed by atoms with Gasteiger partial charge in [0, 0.05) is 26.4 Å². The summed E-state index contributed by atoms with van der Waals surface area (Å²) in [5.74, 6) is 1.42.